The summed E-state index contributed by atoms with van der Waals surface area (Å²) in [7, 11) is 0. The Kier molecular flexibility index (Phi) is 2.10. The average Bonchev–Trinajstić information content (AvgIpc) is 2.45. The molecule has 2 aromatic rings. The van der Waals surface area contributed by atoms with E-state index in [1.54, 1.807) is 6.92 Å². The molecule has 1 aromatic heterocycles. The number of alkyl halides is 3. The van der Waals surface area contributed by atoms with Crippen molar-refractivity contribution in [2.24, 2.45) is 0 Å². The van der Waals surface area contributed by atoms with Crippen LogP contribution in [-0.2, 0) is 0 Å². The van der Waals surface area contributed by atoms with Crippen LogP contribution in [0.3, 0.4) is 0 Å². The molecule has 15 heavy (non-hydrogen) atoms. The maximum absolute atomic E-state index is 11.9. The van der Waals surface area contributed by atoms with Crippen molar-refractivity contribution >= 4 is 10.8 Å². The fourth-order valence-electron chi connectivity index (χ4n) is 1.37. The number of fused-ring (bicyclic) bond motifs is 1. The Labute approximate surface area is 83.2 Å². The molecule has 0 spiro atoms. The van der Waals surface area contributed by atoms with Crippen LogP contribution in [0.25, 0.3) is 10.8 Å². The first-order valence-corrected chi connectivity index (χ1v) is 4.19. The smallest absolute Gasteiger partial charge is 0.468 e. The highest BCUT2D eigenvalue weighted by atomic mass is 19.4. The maximum atomic E-state index is 11.9. The lowest BCUT2D eigenvalue weighted by Crippen LogP contribution is -2.16. The minimum Gasteiger partial charge on any atom is -0.468 e. The minimum absolute atomic E-state index is 0.240. The van der Waals surface area contributed by atoms with Crippen LogP contribution >= 0.6 is 0 Å². The van der Waals surface area contributed by atoms with Gasteiger partial charge in [0.2, 0.25) is 0 Å². The Morgan fingerprint density at radius 2 is 2.00 bits per heavy atom. The van der Waals surface area contributed by atoms with Crippen LogP contribution in [0.2, 0.25) is 0 Å². The topological polar surface area (TPSA) is 22.4 Å². The molecular formula is C10H7F3O2. The summed E-state index contributed by atoms with van der Waals surface area (Å²) in [4.78, 5) is 0. The first kappa shape index (κ1) is 9.89. The van der Waals surface area contributed by atoms with Gasteiger partial charge in [0, 0.05) is 10.8 Å². The van der Waals surface area contributed by atoms with E-state index in [-0.39, 0.29) is 5.75 Å². The molecule has 1 aromatic carbocycles. The lowest BCUT2D eigenvalue weighted by atomic mass is 10.2. The molecule has 0 saturated heterocycles. The Morgan fingerprint density at radius 3 is 2.67 bits per heavy atom. The molecule has 0 fully saturated rings. The lowest BCUT2D eigenvalue weighted by molar-refractivity contribution is -0.274. The summed E-state index contributed by atoms with van der Waals surface area (Å²) in [5, 5.41) is 1.37. The number of furan rings is 1. The van der Waals surface area contributed by atoms with Crippen LogP contribution in [0.1, 0.15) is 5.76 Å². The molecule has 0 aliphatic heterocycles. The van der Waals surface area contributed by atoms with Crippen LogP contribution in [0.4, 0.5) is 13.2 Å². The highest BCUT2D eigenvalue weighted by Gasteiger charge is 2.31. The summed E-state index contributed by atoms with van der Waals surface area (Å²) in [5.41, 5.74) is 0. The monoisotopic (exact) mass is 216 g/mol. The Hall–Kier alpha value is -1.65. The number of benzene rings is 1. The fraction of sp³-hybridized carbons (Fsp3) is 0.200. The second kappa shape index (κ2) is 3.18. The second-order valence-electron chi connectivity index (χ2n) is 3.09. The zero-order valence-electron chi connectivity index (χ0n) is 7.76. The number of aryl methyl sites for hydroxylation is 1. The zero-order valence-corrected chi connectivity index (χ0v) is 7.76. The molecule has 0 radical (unpaired) electrons. The highest BCUT2D eigenvalue weighted by Crippen LogP contribution is 2.28. The second-order valence-corrected chi connectivity index (χ2v) is 3.09. The van der Waals surface area contributed by atoms with E-state index in [9.17, 15) is 13.2 Å². The van der Waals surface area contributed by atoms with Crippen molar-refractivity contribution in [2.45, 2.75) is 13.3 Å². The van der Waals surface area contributed by atoms with Crippen molar-refractivity contribution in [1.82, 2.24) is 0 Å². The van der Waals surface area contributed by atoms with E-state index in [0.29, 0.717) is 11.1 Å². The summed E-state index contributed by atoms with van der Waals surface area (Å²) in [6.07, 6.45) is -3.26. The first-order valence-electron chi connectivity index (χ1n) is 4.19. The third-order valence-corrected chi connectivity index (χ3v) is 2.00. The van der Waals surface area contributed by atoms with Crippen LogP contribution in [0.15, 0.2) is 28.9 Å². The minimum atomic E-state index is -4.66. The lowest BCUT2D eigenvalue weighted by Gasteiger charge is -2.08. The van der Waals surface area contributed by atoms with Crippen LogP contribution in [0, 0.1) is 6.92 Å². The van der Waals surface area contributed by atoms with Crippen LogP contribution in [-0.4, -0.2) is 6.36 Å². The molecule has 0 N–H and O–H groups in total. The number of ether oxygens (including phenoxy) is 1. The first-order chi connectivity index (χ1) is 6.96. The molecule has 0 bridgehead atoms. The average molecular weight is 216 g/mol. The highest BCUT2D eigenvalue weighted by molar-refractivity contribution is 5.85. The van der Waals surface area contributed by atoms with Crippen molar-refractivity contribution in [3.8, 4) is 5.75 Å². The summed E-state index contributed by atoms with van der Waals surface area (Å²) in [6.45, 7) is 1.74. The van der Waals surface area contributed by atoms with Crippen molar-refractivity contribution in [3.63, 3.8) is 0 Å². The van der Waals surface area contributed by atoms with E-state index < -0.39 is 6.36 Å². The molecule has 2 nitrogen and oxygen atoms in total. The molecule has 1 heterocycles. The van der Waals surface area contributed by atoms with Gasteiger partial charge in [-0.15, -0.1) is 13.2 Å². The van der Waals surface area contributed by atoms with Gasteiger partial charge in [-0.05, 0) is 25.1 Å². The Bertz CT molecular complexity index is 485. The van der Waals surface area contributed by atoms with E-state index in [0.717, 1.165) is 5.39 Å². The SMILES string of the molecule is Cc1occ2cc(OC(F)(F)F)ccc12. The third-order valence-electron chi connectivity index (χ3n) is 2.00. The quantitative estimate of drug-likeness (QED) is 0.726. The number of hydrogen-bond donors (Lipinski definition) is 0. The molecule has 0 aliphatic rings. The summed E-state index contributed by atoms with van der Waals surface area (Å²) < 4.78 is 44.5. The molecular weight excluding hydrogens is 209 g/mol. The van der Waals surface area contributed by atoms with E-state index in [2.05, 4.69) is 4.74 Å². The van der Waals surface area contributed by atoms with E-state index in [1.165, 1.54) is 24.5 Å². The standard InChI is InChI=1S/C10H7F3O2/c1-6-9-3-2-8(15-10(11,12)13)4-7(9)5-14-6/h2-5H,1H3. The number of halogens is 3. The molecule has 0 unspecified atom stereocenters. The fourth-order valence-corrected chi connectivity index (χ4v) is 1.37. The van der Waals surface area contributed by atoms with Gasteiger partial charge in [-0.1, -0.05) is 0 Å². The number of hydrogen-bond acceptors (Lipinski definition) is 2. The van der Waals surface area contributed by atoms with E-state index in [4.69, 9.17) is 4.42 Å². The molecule has 5 heteroatoms. The molecule has 0 atom stereocenters. The van der Waals surface area contributed by atoms with Crippen molar-refractivity contribution in [2.75, 3.05) is 0 Å². The zero-order chi connectivity index (χ0) is 11.1. The van der Waals surface area contributed by atoms with Gasteiger partial charge in [-0.3, -0.25) is 0 Å². The Balaban J connectivity index is 2.39. The van der Waals surface area contributed by atoms with Gasteiger partial charge in [-0.25, -0.2) is 0 Å². The van der Waals surface area contributed by atoms with Gasteiger partial charge < -0.3 is 9.15 Å². The normalized spacial score (nSPS) is 12.0. The molecule has 0 saturated carbocycles. The predicted octanol–water partition coefficient (Wildman–Crippen LogP) is 3.64. The van der Waals surface area contributed by atoms with Gasteiger partial charge in [-0.2, -0.15) is 0 Å². The van der Waals surface area contributed by atoms with Gasteiger partial charge in [0.1, 0.15) is 11.5 Å². The molecule has 80 valence electrons. The summed E-state index contributed by atoms with van der Waals surface area (Å²) in [6, 6.07) is 4.09. The summed E-state index contributed by atoms with van der Waals surface area (Å²) in [5.74, 6) is 0.430. The van der Waals surface area contributed by atoms with Gasteiger partial charge in [0.15, 0.2) is 0 Å². The molecule has 0 aliphatic carbocycles. The van der Waals surface area contributed by atoms with Crippen LogP contribution in [0.5, 0.6) is 5.75 Å². The van der Waals surface area contributed by atoms with Gasteiger partial charge in [0.25, 0.3) is 0 Å². The van der Waals surface area contributed by atoms with Crippen molar-refractivity contribution < 1.29 is 22.3 Å². The Morgan fingerprint density at radius 1 is 1.27 bits per heavy atom. The largest absolute Gasteiger partial charge is 0.573 e. The van der Waals surface area contributed by atoms with Crippen LogP contribution < -0.4 is 4.74 Å². The van der Waals surface area contributed by atoms with Crippen molar-refractivity contribution in [3.05, 3.63) is 30.2 Å². The molecule has 2 rings (SSSR count). The van der Waals surface area contributed by atoms with E-state index in [1.807, 2.05) is 0 Å². The van der Waals surface area contributed by atoms with Gasteiger partial charge >= 0.3 is 6.36 Å². The third kappa shape index (κ3) is 2.06. The maximum Gasteiger partial charge on any atom is 0.573 e. The van der Waals surface area contributed by atoms with Gasteiger partial charge in [0.05, 0.1) is 6.26 Å². The summed E-state index contributed by atoms with van der Waals surface area (Å²) >= 11 is 0. The van der Waals surface area contributed by atoms with Crippen molar-refractivity contribution in [1.29, 1.82) is 0 Å². The van der Waals surface area contributed by atoms with E-state index >= 15 is 0 Å². The molecule has 0 amide bonds. The predicted molar refractivity (Wildman–Crippen MR) is 47.6 cm³/mol. The number of rotatable bonds is 1.